The third kappa shape index (κ3) is 6.94. The summed E-state index contributed by atoms with van der Waals surface area (Å²) >= 11 is 0. The van der Waals surface area contributed by atoms with E-state index in [4.69, 9.17) is 14.2 Å². The highest BCUT2D eigenvalue weighted by atomic mass is 16.5. The summed E-state index contributed by atoms with van der Waals surface area (Å²) in [5.74, 6) is 2.03. The fraction of sp³-hybridized carbons (Fsp3) is 0.300. The highest BCUT2D eigenvalue weighted by Crippen LogP contribution is 2.35. The summed E-state index contributed by atoms with van der Waals surface area (Å²) in [5.41, 5.74) is 2.25. The number of anilines is 3. The van der Waals surface area contributed by atoms with E-state index in [1.807, 2.05) is 55.5 Å². The van der Waals surface area contributed by atoms with Gasteiger partial charge in [0, 0.05) is 36.2 Å². The lowest BCUT2D eigenvalue weighted by Gasteiger charge is -2.21. The van der Waals surface area contributed by atoms with Gasteiger partial charge < -0.3 is 30.2 Å². The molecule has 4 aromatic rings. The van der Waals surface area contributed by atoms with Gasteiger partial charge in [-0.25, -0.2) is 9.78 Å². The second-order valence-electron chi connectivity index (χ2n) is 10.2. The van der Waals surface area contributed by atoms with Crippen molar-refractivity contribution in [1.82, 2.24) is 9.97 Å². The molecule has 39 heavy (non-hydrogen) atoms. The molecule has 9 heteroatoms. The number of rotatable bonds is 9. The van der Waals surface area contributed by atoms with Gasteiger partial charge >= 0.3 is 6.03 Å². The third-order valence-corrected chi connectivity index (χ3v) is 6.08. The highest BCUT2D eigenvalue weighted by molar-refractivity contribution is 6.08. The molecule has 0 radical (unpaired) electrons. The minimum atomic E-state index is -0.380. The summed E-state index contributed by atoms with van der Waals surface area (Å²) in [5, 5.41) is 10.7. The number of hydrogen-bond donors (Lipinski definition) is 3. The minimum Gasteiger partial charge on any atom is -0.495 e. The Kier molecular flexibility index (Phi) is 8.51. The standard InChI is InChI=1S/C30H35N5O4/c1-19(18-37-5)32-28-31-16-15-27(35-28)39-25-14-12-23(21-9-7-8-10-22(21)25)33-29(36)34-24-17-20(30(2,3)4)11-13-26(24)38-6/h7-17,19H,18H2,1-6H3,(H,31,32,35)(H2,33,34,36). The molecule has 1 aromatic heterocycles. The maximum Gasteiger partial charge on any atom is 0.323 e. The van der Waals surface area contributed by atoms with E-state index < -0.39 is 0 Å². The van der Waals surface area contributed by atoms with E-state index in [2.05, 4.69) is 46.7 Å². The first kappa shape index (κ1) is 27.7. The number of methoxy groups -OCH3 is 2. The van der Waals surface area contributed by atoms with Gasteiger partial charge in [-0.05, 0) is 42.2 Å². The molecular formula is C30H35N5O4. The molecule has 3 aromatic carbocycles. The number of carbonyl (C=O) groups is 1. The van der Waals surface area contributed by atoms with E-state index in [1.54, 1.807) is 32.5 Å². The lowest BCUT2D eigenvalue weighted by Crippen LogP contribution is -2.22. The molecule has 0 spiro atoms. The molecule has 3 N–H and O–H groups in total. The van der Waals surface area contributed by atoms with Crippen LogP contribution in [-0.2, 0) is 10.2 Å². The molecule has 2 amide bonds. The van der Waals surface area contributed by atoms with E-state index in [1.165, 1.54) is 0 Å². The van der Waals surface area contributed by atoms with Crippen molar-refractivity contribution >= 4 is 34.1 Å². The van der Waals surface area contributed by atoms with Crippen molar-refractivity contribution in [2.75, 3.05) is 36.8 Å². The predicted octanol–water partition coefficient (Wildman–Crippen LogP) is 6.82. The lowest BCUT2D eigenvalue weighted by molar-refractivity contribution is 0.190. The summed E-state index contributed by atoms with van der Waals surface area (Å²) < 4.78 is 16.8. The Balaban J connectivity index is 1.55. The van der Waals surface area contributed by atoms with Crippen molar-refractivity contribution in [1.29, 1.82) is 0 Å². The van der Waals surface area contributed by atoms with Crippen LogP contribution in [0.4, 0.5) is 22.1 Å². The van der Waals surface area contributed by atoms with Gasteiger partial charge in [0.15, 0.2) is 0 Å². The predicted molar refractivity (Wildman–Crippen MR) is 155 cm³/mol. The number of ether oxygens (including phenoxy) is 3. The van der Waals surface area contributed by atoms with Crippen molar-refractivity contribution in [3.05, 3.63) is 72.4 Å². The number of benzene rings is 3. The van der Waals surface area contributed by atoms with Crippen LogP contribution >= 0.6 is 0 Å². The summed E-state index contributed by atoms with van der Waals surface area (Å²) in [4.78, 5) is 21.8. The number of aromatic nitrogens is 2. The molecule has 9 nitrogen and oxygen atoms in total. The number of hydrogen-bond acceptors (Lipinski definition) is 7. The van der Waals surface area contributed by atoms with Gasteiger partial charge in [-0.2, -0.15) is 4.98 Å². The molecule has 204 valence electrons. The van der Waals surface area contributed by atoms with Gasteiger partial charge in [0.2, 0.25) is 11.8 Å². The Labute approximate surface area is 228 Å². The Bertz CT molecular complexity index is 1450. The van der Waals surface area contributed by atoms with Gasteiger partial charge in [-0.1, -0.05) is 51.1 Å². The molecule has 0 saturated carbocycles. The van der Waals surface area contributed by atoms with Crippen LogP contribution in [-0.4, -0.2) is 42.9 Å². The fourth-order valence-corrected chi connectivity index (χ4v) is 4.11. The lowest BCUT2D eigenvalue weighted by atomic mass is 9.87. The Hall–Kier alpha value is -4.37. The van der Waals surface area contributed by atoms with Crippen molar-refractivity contribution in [2.45, 2.75) is 39.2 Å². The Morgan fingerprint density at radius 3 is 2.36 bits per heavy atom. The second-order valence-corrected chi connectivity index (χ2v) is 10.2. The van der Waals surface area contributed by atoms with Crippen LogP contribution in [0.5, 0.6) is 17.4 Å². The average Bonchev–Trinajstić information content (AvgIpc) is 2.90. The molecule has 0 aliphatic carbocycles. The van der Waals surface area contributed by atoms with Crippen LogP contribution in [0.1, 0.15) is 33.3 Å². The summed E-state index contributed by atoms with van der Waals surface area (Å²) in [6.45, 7) is 8.86. The number of carbonyl (C=O) groups excluding carboxylic acids is 1. The van der Waals surface area contributed by atoms with Crippen LogP contribution in [0.25, 0.3) is 10.8 Å². The first-order valence-corrected chi connectivity index (χ1v) is 12.7. The van der Waals surface area contributed by atoms with E-state index in [-0.39, 0.29) is 17.5 Å². The van der Waals surface area contributed by atoms with Gasteiger partial charge in [0.1, 0.15) is 11.5 Å². The van der Waals surface area contributed by atoms with Crippen LogP contribution in [0.3, 0.4) is 0 Å². The monoisotopic (exact) mass is 529 g/mol. The average molecular weight is 530 g/mol. The normalized spacial score (nSPS) is 12.1. The molecule has 0 aliphatic heterocycles. The second kappa shape index (κ2) is 12.0. The number of fused-ring (bicyclic) bond motifs is 1. The fourth-order valence-electron chi connectivity index (χ4n) is 4.11. The molecular weight excluding hydrogens is 494 g/mol. The van der Waals surface area contributed by atoms with E-state index in [0.29, 0.717) is 41.3 Å². The zero-order chi connectivity index (χ0) is 28.0. The molecule has 4 rings (SSSR count). The van der Waals surface area contributed by atoms with Crippen LogP contribution in [0.15, 0.2) is 66.9 Å². The molecule has 1 atom stereocenters. The summed E-state index contributed by atoms with van der Waals surface area (Å²) in [7, 11) is 3.23. The molecule has 0 saturated heterocycles. The van der Waals surface area contributed by atoms with Gasteiger partial charge in [0.05, 0.1) is 25.1 Å². The highest BCUT2D eigenvalue weighted by Gasteiger charge is 2.18. The van der Waals surface area contributed by atoms with Crippen molar-refractivity contribution in [3.63, 3.8) is 0 Å². The number of urea groups is 1. The molecule has 0 aliphatic rings. The maximum absolute atomic E-state index is 13.1. The largest absolute Gasteiger partial charge is 0.495 e. The molecule has 1 unspecified atom stereocenters. The van der Waals surface area contributed by atoms with Gasteiger partial charge in [0.25, 0.3) is 0 Å². The molecule has 0 bridgehead atoms. The minimum absolute atomic E-state index is 0.0403. The van der Waals surface area contributed by atoms with Crippen molar-refractivity contribution < 1.29 is 19.0 Å². The zero-order valence-corrected chi connectivity index (χ0v) is 23.2. The van der Waals surface area contributed by atoms with Crippen LogP contribution in [0, 0.1) is 0 Å². The zero-order valence-electron chi connectivity index (χ0n) is 23.2. The number of amides is 2. The Morgan fingerprint density at radius 2 is 1.64 bits per heavy atom. The Morgan fingerprint density at radius 1 is 0.923 bits per heavy atom. The van der Waals surface area contributed by atoms with E-state index >= 15 is 0 Å². The summed E-state index contributed by atoms with van der Waals surface area (Å²) in [6, 6.07) is 18.5. The smallest absolute Gasteiger partial charge is 0.323 e. The first-order valence-electron chi connectivity index (χ1n) is 12.7. The topological polar surface area (TPSA) is 107 Å². The molecule has 0 fully saturated rings. The molecule has 1 heterocycles. The van der Waals surface area contributed by atoms with E-state index in [0.717, 1.165) is 16.3 Å². The van der Waals surface area contributed by atoms with Gasteiger partial charge in [-0.15, -0.1) is 0 Å². The van der Waals surface area contributed by atoms with Crippen molar-refractivity contribution in [2.24, 2.45) is 0 Å². The van der Waals surface area contributed by atoms with E-state index in [9.17, 15) is 4.79 Å². The number of nitrogens with one attached hydrogen (secondary N) is 3. The van der Waals surface area contributed by atoms with Gasteiger partial charge in [-0.3, -0.25) is 0 Å². The first-order chi connectivity index (χ1) is 18.7. The number of nitrogens with zero attached hydrogens (tertiary/aromatic N) is 2. The van der Waals surface area contributed by atoms with Crippen LogP contribution < -0.4 is 25.4 Å². The quantitative estimate of drug-likeness (QED) is 0.218. The maximum atomic E-state index is 13.1. The van der Waals surface area contributed by atoms with Crippen LogP contribution in [0.2, 0.25) is 0 Å². The summed E-state index contributed by atoms with van der Waals surface area (Å²) in [6.07, 6.45) is 1.63. The van der Waals surface area contributed by atoms with Crippen molar-refractivity contribution in [3.8, 4) is 17.4 Å². The SMILES string of the molecule is COCC(C)Nc1nccc(Oc2ccc(NC(=O)Nc3cc(C(C)(C)C)ccc3OC)c3ccccc23)n1. The third-order valence-electron chi connectivity index (χ3n) is 6.08.